The largest absolute Gasteiger partial charge is 0.329 e. The third-order valence-electron chi connectivity index (χ3n) is 6.46. The first-order chi connectivity index (χ1) is 16.0. The molecule has 4 aromatic rings. The number of aromatic nitrogens is 3. The average molecular weight is 482 g/mol. The fourth-order valence-corrected chi connectivity index (χ4v) is 5.75. The van der Waals surface area contributed by atoms with Gasteiger partial charge in [0.1, 0.15) is 16.9 Å². The second-order valence-corrected chi connectivity index (χ2v) is 9.28. The van der Waals surface area contributed by atoms with Crippen LogP contribution in [0.15, 0.2) is 47.4 Å². The highest BCUT2D eigenvalue weighted by Gasteiger charge is 2.43. The van der Waals surface area contributed by atoms with Crippen molar-refractivity contribution in [3.63, 3.8) is 0 Å². The zero-order chi connectivity index (χ0) is 22.7. The summed E-state index contributed by atoms with van der Waals surface area (Å²) in [5.41, 5.74) is 4.51. The molecule has 0 saturated carbocycles. The summed E-state index contributed by atoms with van der Waals surface area (Å²) in [7, 11) is 0. The number of fused-ring (bicyclic) bond motifs is 5. The van der Waals surface area contributed by atoms with Gasteiger partial charge < -0.3 is 15.2 Å². The molecule has 0 spiro atoms. The summed E-state index contributed by atoms with van der Waals surface area (Å²) in [6.07, 6.45) is 3.93. The number of hydrogen-bond acceptors (Lipinski definition) is 5. The van der Waals surface area contributed by atoms with E-state index in [9.17, 15) is 9.59 Å². The van der Waals surface area contributed by atoms with E-state index in [0.717, 1.165) is 46.8 Å². The Kier molecular flexibility index (Phi) is 4.70. The van der Waals surface area contributed by atoms with Crippen LogP contribution >= 0.6 is 23.3 Å². The summed E-state index contributed by atoms with van der Waals surface area (Å²) in [5, 5.41) is 3.02. The van der Waals surface area contributed by atoms with E-state index in [2.05, 4.69) is 19.0 Å². The van der Waals surface area contributed by atoms with E-state index in [4.69, 9.17) is 11.6 Å². The van der Waals surface area contributed by atoms with Crippen molar-refractivity contribution in [1.82, 2.24) is 18.6 Å². The summed E-state index contributed by atoms with van der Waals surface area (Å²) in [5.74, 6) is -0.576. The second-order valence-electron chi connectivity index (χ2n) is 8.35. The molecule has 6 rings (SSSR count). The number of rotatable bonds is 2. The Labute approximate surface area is 196 Å². The van der Waals surface area contributed by atoms with Crippen molar-refractivity contribution >= 4 is 46.1 Å². The molecule has 2 atom stereocenters. The smallest absolute Gasteiger partial charge is 0.322 e. The molecule has 2 aromatic carbocycles. The molecule has 1 saturated heterocycles. The molecule has 33 heavy (non-hydrogen) atoms. The van der Waals surface area contributed by atoms with Gasteiger partial charge in [0, 0.05) is 23.9 Å². The van der Waals surface area contributed by atoms with E-state index in [0.29, 0.717) is 22.5 Å². The van der Waals surface area contributed by atoms with Crippen molar-refractivity contribution in [1.29, 1.82) is 0 Å². The van der Waals surface area contributed by atoms with Gasteiger partial charge >= 0.3 is 6.03 Å². The molecule has 0 unspecified atom stereocenters. The van der Waals surface area contributed by atoms with Gasteiger partial charge in [-0.3, -0.25) is 4.79 Å². The van der Waals surface area contributed by atoms with Crippen LogP contribution in [-0.4, -0.2) is 30.7 Å². The molecule has 0 radical (unpaired) electrons. The monoisotopic (exact) mass is 481 g/mol. The van der Waals surface area contributed by atoms with Crippen molar-refractivity contribution < 1.29 is 9.18 Å². The quantitative estimate of drug-likeness (QED) is 0.415. The lowest BCUT2D eigenvalue weighted by atomic mass is 9.95. The first kappa shape index (κ1) is 20.3. The molecule has 166 valence electrons. The number of carbonyl (C=O) groups is 1. The van der Waals surface area contributed by atoms with E-state index in [-0.39, 0.29) is 29.4 Å². The Morgan fingerprint density at radius 3 is 2.91 bits per heavy atom. The van der Waals surface area contributed by atoms with Gasteiger partial charge in [-0.25, -0.2) is 9.18 Å². The molecule has 2 aliphatic rings. The van der Waals surface area contributed by atoms with E-state index in [1.165, 1.54) is 12.1 Å². The molecule has 0 aliphatic carbocycles. The number of nitrogens with one attached hydrogen (secondary N) is 2. The van der Waals surface area contributed by atoms with Crippen LogP contribution in [0.3, 0.4) is 0 Å². The molecule has 2 N–H and O–H groups in total. The number of H-pyrrole nitrogens is 1. The molecule has 10 heteroatoms. The molecule has 2 bridgehead atoms. The van der Waals surface area contributed by atoms with E-state index in [1.807, 2.05) is 18.2 Å². The van der Waals surface area contributed by atoms with E-state index in [1.54, 1.807) is 17.2 Å². The van der Waals surface area contributed by atoms with Gasteiger partial charge in [-0.1, -0.05) is 17.7 Å². The number of pyridine rings is 1. The normalized spacial score (nSPS) is 19.0. The lowest BCUT2D eigenvalue weighted by Gasteiger charge is -2.36. The highest BCUT2D eigenvalue weighted by atomic mass is 35.5. The first-order valence-electron chi connectivity index (χ1n) is 10.5. The maximum Gasteiger partial charge on any atom is 0.322 e. The van der Waals surface area contributed by atoms with Crippen LogP contribution in [0.25, 0.3) is 22.2 Å². The summed E-state index contributed by atoms with van der Waals surface area (Å²) in [4.78, 5) is 29.3. The lowest BCUT2D eigenvalue weighted by Crippen LogP contribution is -2.44. The van der Waals surface area contributed by atoms with Gasteiger partial charge in [0.2, 0.25) is 5.56 Å². The number of anilines is 1. The Balaban J connectivity index is 1.28. The summed E-state index contributed by atoms with van der Waals surface area (Å²) < 4.78 is 23.4. The van der Waals surface area contributed by atoms with E-state index < -0.39 is 5.82 Å². The molecule has 4 heterocycles. The average Bonchev–Trinajstić information content (AvgIpc) is 3.39. The van der Waals surface area contributed by atoms with Crippen LogP contribution in [0, 0.1) is 5.82 Å². The first-order valence-corrected chi connectivity index (χ1v) is 11.6. The minimum absolute atomic E-state index is 0.0248. The lowest BCUT2D eigenvalue weighted by molar-refractivity contribution is 0.179. The van der Waals surface area contributed by atoms with Gasteiger partial charge in [0.05, 0.1) is 28.5 Å². The Hall–Kier alpha value is -3.30. The summed E-state index contributed by atoms with van der Waals surface area (Å²) in [6, 6.07) is 9.25. The van der Waals surface area contributed by atoms with Crippen LogP contribution in [0.2, 0.25) is 5.02 Å². The number of nitrogens with zero attached hydrogens (tertiary/aromatic N) is 3. The molecule has 1 fully saturated rings. The van der Waals surface area contributed by atoms with Crippen molar-refractivity contribution in [2.24, 2.45) is 0 Å². The van der Waals surface area contributed by atoms with Gasteiger partial charge in [-0.15, -0.1) is 0 Å². The fourth-order valence-electron chi connectivity index (χ4n) is 4.95. The molecular formula is C23H17ClFN5O2S. The number of hydrogen-bond donors (Lipinski definition) is 2. The molecular weight excluding hydrogens is 465 g/mol. The highest BCUT2D eigenvalue weighted by molar-refractivity contribution is 7.00. The minimum atomic E-state index is -0.576. The number of benzene rings is 2. The topological polar surface area (TPSA) is 91.0 Å². The van der Waals surface area contributed by atoms with Crippen LogP contribution in [0.1, 0.15) is 30.0 Å². The van der Waals surface area contributed by atoms with Crippen LogP contribution in [-0.2, 0) is 6.42 Å². The molecule has 7 nitrogen and oxygen atoms in total. The van der Waals surface area contributed by atoms with Crippen LogP contribution < -0.4 is 10.9 Å². The van der Waals surface area contributed by atoms with Crippen molar-refractivity contribution in [2.75, 3.05) is 5.32 Å². The predicted octanol–water partition coefficient (Wildman–Crippen LogP) is 5.13. The highest BCUT2D eigenvalue weighted by Crippen LogP contribution is 2.43. The zero-order valence-electron chi connectivity index (χ0n) is 17.1. The Morgan fingerprint density at radius 2 is 2.03 bits per heavy atom. The Bertz CT molecular complexity index is 1490. The molecule has 2 aromatic heterocycles. The number of aromatic amines is 1. The summed E-state index contributed by atoms with van der Waals surface area (Å²) in [6.45, 7) is 0. The van der Waals surface area contributed by atoms with Crippen molar-refractivity contribution in [3.05, 3.63) is 74.9 Å². The van der Waals surface area contributed by atoms with Crippen molar-refractivity contribution in [3.8, 4) is 11.1 Å². The molecule has 2 amide bonds. The number of halogens is 2. The predicted molar refractivity (Wildman–Crippen MR) is 125 cm³/mol. The van der Waals surface area contributed by atoms with Gasteiger partial charge in [-0.2, -0.15) is 8.75 Å². The third-order valence-corrected chi connectivity index (χ3v) is 7.33. The van der Waals surface area contributed by atoms with Gasteiger partial charge in [0.25, 0.3) is 0 Å². The van der Waals surface area contributed by atoms with Crippen LogP contribution in [0.4, 0.5) is 14.9 Å². The minimum Gasteiger partial charge on any atom is -0.329 e. The van der Waals surface area contributed by atoms with Crippen LogP contribution in [0.5, 0.6) is 0 Å². The maximum absolute atomic E-state index is 15.0. The van der Waals surface area contributed by atoms with E-state index >= 15 is 4.39 Å². The van der Waals surface area contributed by atoms with Gasteiger partial charge in [0.15, 0.2) is 0 Å². The van der Waals surface area contributed by atoms with Crippen molar-refractivity contribution in [2.45, 2.75) is 31.3 Å². The third kappa shape index (κ3) is 3.39. The number of carbonyl (C=O) groups excluding carboxylic acids is 1. The van der Waals surface area contributed by atoms with Gasteiger partial charge in [-0.05, 0) is 60.2 Å². The zero-order valence-corrected chi connectivity index (χ0v) is 18.7. The number of urea groups is 1. The maximum atomic E-state index is 15.0. The fraction of sp³-hybridized carbons (Fsp3) is 0.217. The SMILES string of the molecule is O=C(Nc1cc(Cl)c(-c2ccc3nsnc3c2)cc1F)N1[C@H]2CC[C@@H]1c1c[nH]c(=O)cc1C2. The summed E-state index contributed by atoms with van der Waals surface area (Å²) >= 11 is 7.60. The second kappa shape index (κ2) is 7.64. The Morgan fingerprint density at radius 1 is 1.18 bits per heavy atom. The molecule has 2 aliphatic heterocycles. The standard InChI is InChI=1S/C23H17ClFN5O2S/c24-16-9-19(17(25)8-14(16)11-1-3-18-20(6-11)29-33-28-18)27-23(32)30-13-2-4-21(30)15-10-26-22(31)7-12(15)5-13/h1,3,6-10,13,21H,2,4-5H2,(H,26,31)(H,27,32)/t13-,21+/m0/s1. The number of amides is 2.